The van der Waals surface area contributed by atoms with Crippen LogP contribution >= 0.6 is 11.6 Å². The van der Waals surface area contributed by atoms with Gasteiger partial charge in [-0.2, -0.15) is 0 Å². The Morgan fingerprint density at radius 2 is 1.80 bits per heavy atom. The van der Waals surface area contributed by atoms with Gasteiger partial charge < -0.3 is 0 Å². The van der Waals surface area contributed by atoms with Gasteiger partial charge in [-0.25, -0.2) is 4.39 Å². The third kappa shape index (κ3) is 3.61. The van der Waals surface area contributed by atoms with Crippen molar-refractivity contribution in [3.05, 3.63) is 70.5 Å². The minimum Gasteiger partial charge on any atom is -0.207 e. The molecule has 0 saturated heterocycles. The number of unbranched alkanes of at least 4 members (excludes halogenated alkanes) is 1. The number of benzene rings is 2. The summed E-state index contributed by atoms with van der Waals surface area (Å²) < 4.78 is 13.9. The average molecular weight is 291 g/mol. The molecule has 106 valence electrons. The molecule has 20 heavy (non-hydrogen) atoms. The molecule has 2 rings (SSSR count). The molecule has 2 aromatic carbocycles. The highest BCUT2D eigenvalue weighted by Crippen LogP contribution is 2.31. The molecule has 0 fully saturated rings. The van der Waals surface area contributed by atoms with Crippen molar-refractivity contribution >= 4 is 11.6 Å². The lowest BCUT2D eigenvalue weighted by molar-refractivity contribution is 0.611. The maximum absolute atomic E-state index is 13.9. The van der Waals surface area contributed by atoms with Crippen LogP contribution in [0.5, 0.6) is 0 Å². The highest BCUT2D eigenvalue weighted by molar-refractivity contribution is 6.22. The smallest absolute Gasteiger partial charge is 0.128 e. The fourth-order valence-electron chi connectivity index (χ4n) is 2.25. The molecule has 0 aromatic heterocycles. The zero-order valence-electron chi connectivity index (χ0n) is 12.0. The molecule has 1 atom stereocenters. The summed E-state index contributed by atoms with van der Waals surface area (Å²) in [4.78, 5) is 0. The minimum absolute atomic E-state index is 0.236. The van der Waals surface area contributed by atoms with Crippen LogP contribution in [0.1, 0.15) is 47.4 Å². The Morgan fingerprint density at radius 3 is 2.40 bits per heavy atom. The van der Waals surface area contributed by atoms with E-state index in [1.807, 2.05) is 25.1 Å². The van der Waals surface area contributed by atoms with E-state index in [2.05, 4.69) is 19.1 Å². The van der Waals surface area contributed by atoms with Crippen LogP contribution in [0.25, 0.3) is 0 Å². The first-order chi connectivity index (χ1) is 9.61. The standard InChI is InChI=1S/C18H20ClF/c1-3-4-5-14-7-9-15(10-8-14)18(19)16-11-6-13(2)12-17(16)20/h6-12,18H,3-5H2,1-2H3. The number of alkyl halides is 1. The first-order valence-electron chi connectivity index (χ1n) is 7.10. The normalized spacial score (nSPS) is 12.4. The van der Waals surface area contributed by atoms with Crippen molar-refractivity contribution in [2.24, 2.45) is 0 Å². The third-order valence-electron chi connectivity index (χ3n) is 3.52. The van der Waals surface area contributed by atoms with Gasteiger partial charge in [0.05, 0.1) is 5.38 Å². The minimum atomic E-state index is -0.434. The van der Waals surface area contributed by atoms with Crippen LogP contribution in [-0.4, -0.2) is 0 Å². The van der Waals surface area contributed by atoms with E-state index < -0.39 is 5.38 Å². The second kappa shape index (κ2) is 6.90. The molecule has 0 nitrogen and oxygen atoms in total. The van der Waals surface area contributed by atoms with Gasteiger partial charge in [0, 0.05) is 5.56 Å². The Bertz CT molecular complexity index is 560. The van der Waals surface area contributed by atoms with Crippen LogP contribution in [-0.2, 0) is 6.42 Å². The molecule has 0 heterocycles. The van der Waals surface area contributed by atoms with Crippen LogP contribution in [0.4, 0.5) is 4.39 Å². The lowest BCUT2D eigenvalue weighted by Crippen LogP contribution is -1.98. The topological polar surface area (TPSA) is 0 Å². The quantitative estimate of drug-likeness (QED) is 0.610. The fourth-order valence-corrected chi connectivity index (χ4v) is 2.57. The zero-order valence-corrected chi connectivity index (χ0v) is 12.8. The van der Waals surface area contributed by atoms with Gasteiger partial charge in [0.25, 0.3) is 0 Å². The van der Waals surface area contributed by atoms with Gasteiger partial charge in [-0.15, -0.1) is 11.6 Å². The summed E-state index contributed by atoms with van der Waals surface area (Å²) in [6.45, 7) is 4.06. The highest BCUT2D eigenvalue weighted by atomic mass is 35.5. The van der Waals surface area contributed by atoms with Gasteiger partial charge in [0.2, 0.25) is 0 Å². The maximum Gasteiger partial charge on any atom is 0.128 e. The largest absolute Gasteiger partial charge is 0.207 e. The molecular weight excluding hydrogens is 271 g/mol. The summed E-state index contributed by atoms with van der Waals surface area (Å²) >= 11 is 6.41. The molecule has 0 bridgehead atoms. The van der Waals surface area contributed by atoms with Gasteiger partial charge in [0.15, 0.2) is 0 Å². The van der Waals surface area contributed by atoms with E-state index in [0.29, 0.717) is 5.56 Å². The van der Waals surface area contributed by atoms with Crippen molar-refractivity contribution in [3.8, 4) is 0 Å². The zero-order chi connectivity index (χ0) is 14.5. The summed E-state index contributed by atoms with van der Waals surface area (Å²) in [7, 11) is 0. The van der Waals surface area contributed by atoms with Crippen LogP contribution in [0.3, 0.4) is 0 Å². The van der Waals surface area contributed by atoms with E-state index in [1.54, 1.807) is 6.07 Å². The molecular formula is C18H20ClF. The number of hydrogen-bond donors (Lipinski definition) is 0. The average Bonchev–Trinajstić information content (AvgIpc) is 2.45. The van der Waals surface area contributed by atoms with Crippen molar-refractivity contribution in [2.45, 2.75) is 38.5 Å². The van der Waals surface area contributed by atoms with Gasteiger partial charge in [0.1, 0.15) is 5.82 Å². The first-order valence-corrected chi connectivity index (χ1v) is 7.54. The van der Waals surface area contributed by atoms with Crippen LogP contribution in [0.2, 0.25) is 0 Å². The Balaban J connectivity index is 2.18. The predicted molar refractivity (Wildman–Crippen MR) is 83.9 cm³/mol. The van der Waals surface area contributed by atoms with Crippen molar-refractivity contribution < 1.29 is 4.39 Å². The number of aryl methyl sites for hydroxylation is 2. The van der Waals surface area contributed by atoms with Crippen molar-refractivity contribution in [1.29, 1.82) is 0 Å². The van der Waals surface area contributed by atoms with E-state index >= 15 is 0 Å². The van der Waals surface area contributed by atoms with E-state index in [9.17, 15) is 4.39 Å². The highest BCUT2D eigenvalue weighted by Gasteiger charge is 2.15. The van der Waals surface area contributed by atoms with E-state index in [0.717, 1.165) is 17.5 Å². The van der Waals surface area contributed by atoms with Crippen LogP contribution in [0, 0.1) is 12.7 Å². The molecule has 0 aliphatic heterocycles. The first kappa shape index (κ1) is 15.1. The van der Waals surface area contributed by atoms with Crippen LogP contribution in [0.15, 0.2) is 42.5 Å². The Kier molecular flexibility index (Phi) is 5.19. The van der Waals surface area contributed by atoms with Crippen molar-refractivity contribution in [2.75, 3.05) is 0 Å². The second-order valence-electron chi connectivity index (χ2n) is 5.23. The summed E-state index contributed by atoms with van der Waals surface area (Å²) in [5.41, 5.74) is 3.70. The number of hydrogen-bond acceptors (Lipinski definition) is 0. The summed E-state index contributed by atoms with van der Waals surface area (Å²) in [5, 5.41) is -0.434. The van der Waals surface area contributed by atoms with Gasteiger partial charge in [-0.3, -0.25) is 0 Å². The molecule has 2 heteroatoms. The summed E-state index contributed by atoms with van der Waals surface area (Å²) in [6, 6.07) is 13.4. The second-order valence-corrected chi connectivity index (χ2v) is 5.67. The maximum atomic E-state index is 13.9. The van der Waals surface area contributed by atoms with Crippen molar-refractivity contribution in [1.82, 2.24) is 0 Å². The molecule has 0 radical (unpaired) electrons. The molecule has 0 spiro atoms. The Morgan fingerprint density at radius 1 is 1.10 bits per heavy atom. The predicted octanol–water partition coefficient (Wildman–Crippen LogP) is 5.80. The van der Waals surface area contributed by atoms with Gasteiger partial charge in [-0.05, 0) is 42.5 Å². The van der Waals surface area contributed by atoms with Crippen LogP contribution < -0.4 is 0 Å². The molecule has 2 aromatic rings. The van der Waals surface area contributed by atoms with Gasteiger partial charge >= 0.3 is 0 Å². The van der Waals surface area contributed by atoms with E-state index in [1.165, 1.54) is 24.5 Å². The van der Waals surface area contributed by atoms with Gasteiger partial charge in [-0.1, -0.05) is 49.7 Å². The Hall–Kier alpha value is -1.34. The lowest BCUT2D eigenvalue weighted by Gasteiger charge is -2.12. The van der Waals surface area contributed by atoms with E-state index in [-0.39, 0.29) is 5.82 Å². The number of halogens is 2. The third-order valence-corrected chi connectivity index (χ3v) is 4.01. The SMILES string of the molecule is CCCCc1ccc(C(Cl)c2ccc(C)cc2F)cc1. The molecule has 0 aliphatic rings. The van der Waals surface area contributed by atoms with Crippen molar-refractivity contribution in [3.63, 3.8) is 0 Å². The monoisotopic (exact) mass is 290 g/mol. The molecule has 0 N–H and O–H groups in total. The van der Waals surface area contributed by atoms with E-state index in [4.69, 9.17) is 11.6 Å². The summed E-state index contributed by atoms with van der Waals surface area (Å²) in [6.07, 6.45) is 3.47. The molecule has 1 unspecified atom stereocenters. The fraction of sp³-hybridized carbons (Fsp3) is 0.333. The lowest BCUT2D eigenvalue weighted by atomic mass is 10.00. The number of rotatable bonds is 5. The summed E-state index contributed by atoms with van der Waals surface area (Å²) in [5.74, 6) is -0.236. The Labute approximate surface area is 125 Å². The molecule has 0 amide bonds. The molecule has 0 saturated carbocycles. The molecule has 0 aliphatic carbocycles.